The van der Waals surface area contributed by atoms with Crippen LogP contribution in [-0.2, 0) is 4.79 Å². The molecule has 2 aromatic carbocycles. The van der Waals surface area contributed by atoms with Gasteiger partial charge in [-0.15, -0.1) is 0 Å². The van der Waals surface area contributed by atoms with E-state index in [2.05, 4.69) is 15.6 Å². The summed E-state index contributed by atoms with van der Waals surface area (Å²) < 4.78 is 33.0. The number of halogens is 2. The normalized spacial score (nSPS) is 19.1. The van der Waals surface area contributed by atoms with Gasteiger partial charge < -0.3 is 15.4 Å². The van der Waals surface area contributed by atoms with E-state index >= 15 is 0 Å². The van der Waals surface area contributed by atoms with Crippen LogP contribution >= 0.6 is 0 Å². The molecule has 2 N–H and O–H groups in total. The highest BCUT2D eigenvalue weighted by Crippen LogP contribution is 2.34. The molecule has 0 saturated carbocycles. The second kappa shape index (κ2) is 8.53. The molecule has 1 aromatic heterocycles. The zero-order valence-corrected chi connectivity index (χ0v) is 15.7. The summed E-state index contributed by atoms with van der Waals surface area (Å²) in [5, 5.41) is 7.34. The average molecular weight is 397 g/mol. The molecule has 5 nitrogen and oxygen atoms in total. The molecule has 1 saturated heterocycles. The van der Waals surface area contributed by atoms with Crippen molar-refractivity contribution < 1.29 is 18.3 Å². The molecular formula is C22H21F2N3O2. The van der Waals surface area contributed by atoms with Crippen LogP contribution in [0, 0.1) is 11.7 Å². The number of piperidine rings is 1. The van der Waals surface area contributed by atoms with Crippen molar-refractivity contribution in [2.45, 2.75) is 19.0 Å². The van der Waals surface area contributed by atoms with E-state index < -0.39 is 6.17 Å². The fourth-order valence-electron chi connectivity index (χ4n) is 3.53. The van der Waals surface area contributed by atoms with Gasteiger partial charge in [-0.2, -0.15) is 0 Å². The number of hydrogen-bond acceptors (Lipinski definition) is 4. The summed E-state index contributed by atoms with van der Waals surface area (Å²) in [6.45, 7) is 1.01. The van der Waals surface area contributed by atoms with E-state index in [1.807, 2.05) is 0 Å². The van der Waals surface area contributed by atoms with Crippen LogP contribution in [0.1, 0.15) is 12.8 Å². The van der Waals surface area contributed by atoms with E-state index in [-0.39, 0.29) is 24.1 Å². The molecule has 2 atom stereocenters. The maximum absolute atomic E-state index is 14.0. The van der Waals surface area contributed by atoms with E-state index in [0.717, 1.165) is 11.9 Å². The van der Waals surface area contributed by atoms with Crippen molar-refractivity contribution >= 4 is 22.4 Å². The molecular weight excluding hydrogens is 376 g/mol. The van der Waals surface area contributed by atoms with Crippen molar-refractivity contribution in [3.63, 3.8) is 0 Å². The number of benzene rings is 2. The molecule has 29 heavy (non-hydrogen) atoms. The van der Waals surface area contributed by atoms with Crippen molar-refractivity contribution in [2.75, 3.05) is 18.4 Å². The first-order valence-corrected chi connectivity index (χ1v) is 9.55. The molecule has 0 spiro atoms. The number of aromatic nitrogens is 1. The van der Waals surface area contributed by atoms with Crippen molar-refractivity contribution in [3.8, 4) is 11.5 Å². The van der Waals surface area contributed by atoms with E-state index in [1.54, 1.807) is 42.7 Å². The standard InChI is InChI=1S/C22H21F2N3O2/c23-15-1-3-16(4-2-15)29-21-6-5-20(18-12-25-10-8-17(18)21)27-22(28)11-14-7-9-26-13-19(14)24/h1-6,8,10,12,14,19,26H,7,9,11,13H2,(H,27,28). The number of alkyl halides is 1. The number of carbonyl (C=O) groups is 1. The number of pyridine rings is 1. The Hall–Kier alpha value is -3.06. The molecule has 0 radical (unpaired) electrons. The molecule has 4 rings (SSSR count). The highest BCUT2D eigenvalue weighted by Gasteiger charge is 2.26. The van der Waals surface area contributed by atoms with Crippen LogP contribution in [0.25, 0.3) is 10.8 Å². The van der Waals surface area contributed by atoms with E-state index in [4.69, 9.17) is 4.74 Å². The highest BCUT2D eigenvalue weighted by atomic mass is 19.1. The first-order chi connectivity index (χ1) is 14.1. The van der Waals surface area contributed by atoms with Crippen LogP contribution in [0.15, 0.2) is 54.9 Å². The molecule has 0 aliphatic carbocycles. The lowest BCUT2D eigenvalue weighted by molar-refractivity contribution is -0.117. The van der Waals surface area contributed by atoms with Crippen molar-refractivity contribution in [1.29, 1.82) is 0 Å². The third-order valence-electron chi connectivity index (χ3n) is 5.08. The Morgan fingerprint density at radius 1 is 1.17 bits per heavy atom. The molecule has 1 amide bonds. The van der Waals surface area contributed by atoms with Crippen LogP contribution in [-0.4, -0.2) is 30.2 Å². The molecule has 0 bridgehead atoms. The van der Waals surface area contributed by atoms with Gasteiger partial charge >= 0.3 is 0 Å². The van der Waals surface area contributed by atoms with E-state index in [0.29, 0.717) is 35.5 Å². The molecule has 1 fully saturated rings. The average Bonchev–Trinajstić information content (AvgIpc) is 2.73. The number of hydrogen-bond donors (Lipinski definition) is 2. The number of nitrogens with zero attached hydrogens (tertiary/aromatic N) is 1. The maximum Gasteiger partial charge on any atom is 0.224 e. The maximum atomic E-state index is 14.0. The number of carbonyl (C=O) groups excluding carboxylic acids is 1. The number of anilines is 1. The minimum Gasteiger partial charge on any atom is -0.457 e. The minimum atomic E-state index is -1.01. The van der Waals surface area contributed by atoms with Crippen LogP contribution in [0.4, 0.5) is 14.5 Å². The second-order valence-corrected chi connectivity index (χ2v) is 7.11. The van der Waals surface area contributed by atoms with Crippen molar-refractivity contribution in [2.24, 2.45) is 5.92 Å². The van der Waals surface area contributed by atoms with E-state index in [9.17, 15) is 13.6 Å². The molecule has 7 heteroatoms. The SMILES string of the molecule is O=C(CC1CCNCC1F)Nc1ccc(Oc2ccc(F)cc2)c2ccncc12. The third kappa shape index (κ3) is 4.51. The fourth-order valence-corrected chi connectivity index (χ4v) is 3.53. The molecule has 1 aliphatic heterocycles. The molecule has 2 heterocycles. The Morgan fingerprint density at radius 2 is 2.00 bits per heavy atom. The van der Waals surface area contributed by atoms with Gasteiger partial charge in [-0.25, -0.2) is 8.78 Å². The van der Waals surface area contributed by atoms with Gasteiger partial charge in [0.1, 0.15) is 23.5 Å². The summed E-state index contributed by atoms with van der Waals surface area (Å²) in [5.41, 5.74) is 0.592. The van der Waals surface area contributed by atoms with Crippen LogP contribution in [0.3, 0.4) is 0 Å². The first kappa shape index (κ1) is 19.3. The predicted molar refractivity (Wildman–Crippen MR) is 107 cm³/mol. The van der Waals surface area contributed by atoms with Gasteiger partial charge in [0.2, 0.25) is 5.91 Å². The number of amides is 1. The first-order valence-electron chi connectivity index (χ1n) is 9.55. The lowest BCUT2D eigenvalue weighted by Crippen LogP contribution is -2.39. The van der Waals surface area contributed by atoms with Crippen molar-refractivity contribution in [3.05, 3.63) is 60.7 Å². The molecule has 3 aromatic rings. The van der Waals surface area contributed by atoms with Gasteiger partial charge in [-0.05, 0) is 55.4 Å². The molecule has 2 unspecified atom stereocenters. The van der Waals surface area contributed by atoms with Crippen LogP contribution in [0.5, 0.6) is 11.5 Å². The van der Waals surface area contributed by atoms with Gasteiger partial charge in [0.25, 0.3) is 0 Å². The molecule has 150 valence electrons. The summed E-state index contributed by atoms with van der Waals surface area (Å²) in [4.78, 5) is 16.6. The summed E-state index contributed by atoms with van der Waals surface area (Å²) >= 11 is 0. The predicted octanol–water partition coefficient (Wildman–Crippen LogP) is 4.44. The Labute approximate surface area is 167 Å². The second-order valence-electron chi connectivity index (χ2n) is 7.11. The Kier molecular flexibility index (Phi) is 5.67. The highest BCUT2D eigenvalue weighted by molar-refractivity contribution is 6.04. The van der Waals surface area contributed by atoms with Gasteiger partial charge in [-0.1, -0.05) is 0 Å². The smallest absolute Gasteiger partial charge is 0.224 e. The third-order valence-corrected chi connectivity index (χ3v) is 5.08. The zero-order valence-electron chi connectivity index (χ0n) is 15.7. The lowest BCUT2D eigenvalue weighted by Gasteiger charge is -2.26. The fraction of sp³-hybridized carbons (Fsp3) is 0.273. The van der Waals surface area contributed by atoms with E-state index in [1.165, 1.54) is 12.1 Å². The monoisotopic (exact) mass is 397 g/mol. The van der Waals surface area contributed by atoms with Crippen LogP contribution in [0.2, 0.25) is 0 Å². The Balaban J connectivity index is 1.54. The number of rotatable bonds is 5. The summed E-state index contributed by atoms with van der Waals surface area (Å²) in [5.74, 6) is 0.225. The lowest BCUT2D eigenvalue weighted by atomic mass is 9.92. The number of ether oxygens (including phenoxy) is 1. The van der Waals surface area contributed by atoms with Crippen molar-refractivity contribution in [1.82, 2.24) is 10.3 Å². The summed E-state index contributed by atoms with van der Waals surface area (Å²) in [6, 6.07) is 11.0. The molecule has 1 aliphatic rings. The topological polar surface area (TPSA) is 63.2 Å². The van der Waals surface area contributed by atoms with Gasteiger partial charge in [0, 0.05) is 42.0 Å². The summed E-state index contributed by atoms with van der Waals surface area (Å²) in [6.07, 6.45) is 3.04. The summed E-state index contributed by atoms with van der Waals surface area (Å²) in [7, 11) is 0. The number of fused-ring (bicyclic) bond motifs is 1. The Bertz CT molecular complexity index is 1010. The quantitative estimate of drug-likeness (QED) is 0.668. The minimum absolute atomic E-state index is 0.137. The van der Waals surface area contributed by atoms with Crippen LogP contribution < -0.4 is 15.4 Å². The zero-order chi connectivity index (χ0) is 20.2. The Morgan fingerprint density at radius 3 is 2.79 bits per heavy atom. The largest absolute Gasteiger partial charge is 0.457 e. The van der Waals surface area contributed by atoms with Gasteiger partial charge in [-0.3, -0.25) is 9.78 Å². The van der Waals surface area contributed by atoms with Gasteiger partial charge in [0.05, 0.1) is 5.69 Å². The number of nitrogens with one attached hydrogen (secondary N) is 2. The van der Waals surface area contributed by atoms with Gasteiger partial charge in [0.15, 0.2) is 0 Å².